The van der Waals surface area contributed by atoms with E-state index in [9.17, 15) is 22.8 Å². The molecule has 1 atom stereocenters. The molecular weight excluding hydrogens is 445 g/mol. The number of amides is 2. The first kappa shape index (κ1) is 31.3. The SMILES string of the molecule is CCCCCCCC/C=C/CCCCCCCC(=O)ON1C(=O)CC(S(=O)(=O)O)C1=O.[Na]. The van der Waals surface area contributed by atoms with Crippen molar-refractivity contribution in [2.24, 2.45) is 0 Å². The van der Waals surface area contributed by atoms with Crippen LogP contribution in [0.5, 0.6) is 0 Å². The van der Waals surface area contributed by atoms with E-state index < -0.39 is 39.6 Å². The van der Waals surface area contributed by atoms with Crippen molar-refractivity contribution in [3.05, 3.63) is 12.2 Å². The van der Waals surface area contributed by atoms with Crippen molar-refractivity contribution in [1.29, 1.82) is 0 Å². The molecule has 8 nitrogen and oxygen atoms in total. The molecule has 0 aromatic carbocycles. The summed E-state index contributed by atoms with van der Waals surface area (Å²) >= 11 is 0. The zero-order chi connectivity index (χ0) is 23.1. The number of hydroxylamine groups is 2. The van der Waals surface area contributed by atoms with Gasteiger partial charge in [-0.25, -0.2) is 4.79 Å². The van der Waals surface area contributed by atoms with Gasteiger partial charge >= 0.3 is 5.97 Å². The molecule has 1 fully saturated rings. The Kier molecular flexibility index (Phi) is 17.3. The van der Waals surface area contributed by atoms with Crippen LogP contribution in [0.25, 0.3) is 0 Å². The van der Waals surface area contributed by atoms with Crippen LogP contribution in [0.4, 0.5) is 0 Å². The molecule has 0 aromatic rings. The molecule has 179 valence electrons. The van der Waals surface area contributed by atoms with E-state index in [0.717, 1.165) is 38.5 Å². The number of imide groups is 1. The maximum absolute atomic E-state index is 11.8. The fraction of sp³-hybridized carbons (Fsp3) is 0.773. The zero-order valence-corrected chi connectivity index (χ0v) is 22.4. The molecule has 1 saturated heterocycles. The molecule has 0 saturated carbocycles. The van der Waals surface area contributed by atoms with Gasteiger partial charge in [-0.15, -0.1) is 5.06 Å². The molecule has 1 aliphatic rings. The van der Waals surface area contributed by atoms with Crippen molar-refractivity contribution in [2.45, 2.75) is 108 Å². The van der Waals surface area contributed by atoms with Crippen molar-refractivity contribution in [1.82, 2.24) is 5.06 Å². The van der Waals surface area contributed by atoms with Gasteiger partial charge in [-0.2, -0.15) is 8.42 Å². The van der Waals surface area contributed by atoms with E-state index in [2.05, 4.69) is 19.1 Å². The third-order valence-electron chi connectivity index (χ3n) is 5.26. The Labute approximate surface area is 214 Å². The van der Waals surface area contributed by atoms with Gasteiger partial charge < -0.3 is 4.84 Å². The van der Waals surface area contributed by atoms with E-state index in [-0.39, 0.29) is 41.0 Å². The Morgan fingerprint density at radius 3 is 1.97 bits per heavy atom. The van der Waals surface area contributed by atoms with Gasteiger partial charge in [0.1, 0.15) is 0 Å². The van der Waals surface area contributed by atoms with E-state index in [0.29, 0.717) is 6.42 Å². The van der Waals surface area contributed by atoms with Crippen molar-refractivity contribution in [3.63, 3.8) is 0 Å². The predicted molar refractivity (Wildman–Crippen MR) is 123 cm³/mol. The number of nitrogens with zero attached hydrogens (tertiary/aromatic N) is 1. The summed E-state index contributed by atoms with van der Waals surface area (Å²) in [5.74, 6) is -2.95. The van der Waals surface area contributed by atoms with Crippen molar-refractivity contribution >= 4 is 57.5 Å². The van der Waals surface area contributed by atoms with Crippen LogP contribution < -0.4 is 0 Å². The molecule has 1 heterocycles. The maximum Gasteiger partial charge on any atom is 0.333 e. The number of allylic oxidation sites excluding steroid dienone is 2. The Morgan fingerprint density at radius 2 is 1.47 bits per heavy atom. The molecular formula is C22H37NNaO7S. The average molecular weight is 483 g/mol. The molecule has 1 N–H and O–H groups in total. The van der Waals surface area contributed by atoms with E-state index in [4.69, 9.17) is 9.39 Å². The second kappa shape index (κ2) is 17.7. The normalized spacial score (nSPS) is 16.6. The molecule has 0 bridgehead atoms. The van der Waals surface area contributed by atoms with E-state index in [1.165, 1.54) is 38.5 Å². The van der Waals surface area contributed by atoms with Crippen LogP contribution in [0.3, 0.4) is 0 Å². The number of carbonyl (C=O) groups is 3. The zero-order valence-electron chi connectivity index (χ0n) is 19.6. The van der Waals surface area contributed by atoms with Gasteiger partial charge in [-0.3, -0.25) is 14.1 Å². The molecule has 10 heteroatoms. The molecule has 0 spiro atoms. The summed E-state index contributed by atoms with van der Waals surface area (Å²) < 4.78 is 31.1. The van der Waals surface area contributed by atoms with Crippen molar-refractivity contribution in [3.8, 4) is 0 Å². The Balaban J connectivity index is 0.00000961. The third-order valence-corrected chi connectivity index (χ3v) is 6.34. The van der Waals surface area contributed by atoms with Gasteiger partial charge in [0.25, 0.3) is 21.9 Å². The second-order valence-electron chi connectivity index (χ2n) is 8.03. The molecule has 32 heavy (non-hydrogen) atoms. The minimum absolute atomic E-state index is 0. The van der Waals surface area contributed by atoms with Gasteiger partial charge in [-0.05, 0) is 32.1 Å². The summed E-state index contributed by atoms with van der Waals surface area (Å²) in [6.45, 7) is 2.23. The number of rotatable bonds is 17. The van der Waals surface area contributed by atoms with Crippen LogP contribution >= 0.6 is 0 Å². The first-order valence-corrected chi connectivity index (χ1v) is 13.0. The average Bonchev–Trinajstić information content (AvgIpc) is 2.99. The molecule has 0 aromatic heterocycles. The smallest absolute Gasteiger partial charge is 0.330 e. The van der Waals surface area contributed by atoms with E-state index in [1.807, 2.05) is 0 Å². The molecule has 1 radical (unpaired) electrons. The topological polar surface area (TPSA) is 118 Å². The number of hydrogen-bond acceptors (Lipinski definition) is 6. The van der Waals surface area contributed by atoms with Crippen LogP contribution in [-0.4, -0.2) is 70.6 Å². The van der Waals surface area contributed by atoms with Gasteiger partial charge in [-0.1, -0.05) is 70.4 Å². The molecule has 1 unspecified atom stereocenters. The monoisotopic (exact) mass is 482 g/mol. The van der Waals surface area contributed by atoms with Crippen LogP contribution in [0, 0.1) is 0 Å². The standard InChI is InChI=1S/C22H37NO7S.Na/c1-2-3-4-5-6-7-8-9-10-11-12-13-14-15-16-17-21(25)30-23-20(24)18-19(22(23)26)31(27,28)29;/h9-10,19H,2-8,11-18H2,1H3,(H,27,28,29);/b10-9+;. The number of hydrogen-bond donors (Lipinski definition) is 1. The Morgan fingerprint density at radius 1 is 0.969 bits per heavy atom. The number of unbranched alkanes of at least 4 members (excludes halogenated alkanes) is 11. The minimum atomic E-state index is -4.71. The van der Waals surface area contributed by atoms with Crippen LogP contribution in [0.15, 0.2) is 12.2 Å². The summed E-state index contributed by atoms with van der Waals surface area (Å²) in [7, 11) is -4.71. The van der Waals surface area contributed by atoms with Gasteiger partial charge in [0.15, 0.2) is 5.25 Å². The summed E-state index contributed by atoms with van der Waals surface area (Å²) in [4.78, 5) is 39.9. The second-order valence-corrected chi connectivity index (χ2v) is 9.63. The first-order valence-electron chi connectivity index (χ1n) is 11.5. The van der Waals surface area contributed by atoms with Crippen molar-refractivity contribution < 1.29 is 32.2 Å². The molecule has 1 rings (SSSR count). The van der Waals surface area contributed by atoms with Crippen LogP contribution in [-0.2, 0) is 29.3 Å². The Hall–Kier alpha value is -0.740. The largest absolute Gasteiger partial charge is 0.333 e. The van der Waals surface area contributed by atoms with Crippen molar-refractivity contribution in [2.75, 3.05) is 0 Å². The summed E-state index contributed by atoms with van der Waals surface area (Å²) in [5.41, 5.74) is 0. The summed E-state index contributed by atoms with van der Waals surface area (Å²) in [6, 6.07) is 0. The van der Waals surface area contributed by atoms with Crippen LogP contribution in [0.2, 0.25) is 0 Å². The van der Waals surface area contributed by atoms with Crippen LogP contribution in [0.1, 0.15) is 103 Å². The van der Waals surface area contributed by atoms with E-state index >= 15 is 0 Å². The first-order chi connectivity index (χ1) is 14.8. The van der Waals surface area contributed by atoms with Gasteiger partial charge in [0, 0.05) is 36.0 Å². The summed E-state index contributed by atoms with van der Waals surface area (Å²) in [6.07, 6.45) is 18.5. The summed E-state index contributed by atoms with van der Waals surface area (Å²) in [5, 5.41) is -1.74. The predicted octanol–water partition coefficient (Wildman–Crippen LogP) is 4.12. The molecule has 0 aliphatic carbocycles. The quantitative estimate of drug-likeness (QED) is 0.109. The Bertz CT molecular complexity index is 709. The minimum Gasteiger partial charge on any atom is -0.330 e. The molecule has 2 amide bonds. The number of carbonyl (C=O) groups excluding carboxylic acids is 3. The fourth-order valence-electron chi connectivity index (χ4n) is 3.40. The fourth-order valence-corrected chi connectivity index (χ4v) is 4.10. The third kappa shape index (κ3) is 13.1. The van der Waals surface area contributed by atoms with Gasteiger partial charge in [0.2, 0.25) is 0 Å². The van der Waals surface area contributed by atoms with Gasteiger partial charge in [0.05, 0.1) is 6.42 Å². The van der Waals surface area contributed by atoms with E-state index in [1.54, 1.807) is 0 Å². The molecule has 1 aliphatic heterocycles. The maximum atomic E-state index is 11.8.